The van der Waals surface area contributed by atoms with E-state index in [9.17, 15) is 13.2 Å². The quantitative estimate of drug-likeness (QED) is 0.580. The van der Waals surface area contributed by atoms with E-state index >= 15 is 0 Å². The molecule has 0 aliphatic rings. The number of amidine groups is 1. The van der Waals surface area contributed by atoms with E-state index in [1.807, 2.05) is 0 Å². The fourth-order valence-electron chi connectivity index (χ4n) is 0.864. The van der Waals surface area contributed by atoms with Crippen molar-refractivity contribution in [3.63, 3.8) is 0 Å². The number of aliphatic imine (C=N–C) groups is 1. The van der Waals surface area contributed by atoms with Crippen molar-refractivity contribution in [2.75, 3.05) is 0 Å². The van der Waals surface area contributed by atoms with E-state index in [0.717, 1.165) is 0 Å². The van der Waals surface area contributed by atoms with Crippen LogP contribution in [0.4, 0.5) is 18.9 Å². The Labute approximate surface area is 79.3 Å². The summed E-state index contributed by atoms with van der Waals surface area (Å²) in [7, 11) is 0. The maximum absolute atomic E-state index is 13.0. The normalized spacial score (nSPS) is 11.9. The number of nitrogens with two attached hydrogens (primary N) is 1. The Morgan fingerprint density at radius 1 is 1.29 bits per heavy atom. The highest BCUT2D eigenvalue weighted by Crippen LogP contribution is 2.23. The Hall–Kier alpha value is -1.52. The van der Waals surface area contributed by atoms with Crippen LogP contribution >= 0.6 is 0 Å². The van der Waals surface area contributed by atoms with Crippen LogP contribution in [0.25, 0.3) is 0 Å². The minimum atomic E-state index is -1.06. The first-order valence-electron chi connectivity index (χ1n) is 4.02. The number of rotatable bonds is 2. The molecule has 14 heavy (non-hydrogen) atoms. The van der Waals surface area contributed by atoms with Gasteiger partial charge in [-0.25, -0.2) is 18.2 Å². The van der Waals surface area contributed by atoms with Gasteiger partial charge >= 0.3 is 0 Å². The Balaban J connectivity index is 3.21. The van der Waals surface area contributed by atoms with Gasteiger partial charge in [0.1, 0.15) is 11.5 Å². The summed E-state index contributed by atoms with van der Waals surface area (Å²) in [6, 6.07) is 1.12. The zero-order valence-electron chi connectivity index (χ0n) is 7.52. The SMILES string of the molecule is CCC(N)=Nc1c(F)cc(F)cc1F. The second-order valence-corrected chi connectivity index (χ2v) is 2.67. The number of halogens is 3. The first-order valence-corrected chi connectivity index (χ1v) is 4.02. The van der Waals surface area contributed by atoms with Gasteiger partial charge in [0.15, 0.2) is 11.6 Å². The molecule has 1 aromatic rings. The van der Waals surface area contributed by atoms with Crippen molar-refractivity contribution in [2.24, 2.45) is 10.7 Å². The van der Waals surface area contributed by atoms with Gasteiger partial charge in [-0.1, -0.05) is 6.92 Å². The van der Waals surface area contributed by atoms with Crippen molar-refractivity contribution < 1.29 is 13.2 Å². The van der Waals surface area contributed by atoms with E-state index in [0.29, 0.717) is 18.6 Å². The summed E-state index contributed by atoms with van der Waals surface area (Å²) in [5, 5.41) is 0. The second-order valence-electron chi connectivity index (χ2n) is 2.67. The van der Waals surface area contributed by atoms with Crippen LogP contribution in [-0.2, 0) is 0 Å². The lowest BCUT2D eigenvalue weighted by molar-refractivity contribution is 0.546. The smallest absolute Gasteiger partial charge is 0.154 e. The van der Waals surface area contributed by atoms with Gasteiger partial charge in [-0.05, 0) is 0 Å². The molecule has 76 valence electrons. The number of benzene rings is 1. The van der Waals surface area contributed by atoms with E-state index < -0.39 is 23.1 Å². The van der Waals surface area contributed by atoms with Crippen molar-refractivity contribution in [1.29, 1.82) is 0 Å². The van der Waals surface area contributed by atoms with Crippen LogP contribution < -0.4 is 5.73 Å². The van der Waals surface area contributed by atoms with E-state index in [1.165, 1.54) is 0 Å². The average Bonchev–Trinajstić information content (AvgIpc) is 2.10. The molecule has 0 saturated heterocycles. The molecule has 0 fully saturated rings. The second kappa shape index (κ2) is 4.13. The molecule has 1 rings (SSSR count). The van der Waals surface area contributed by atoms with Gasteiger partial charge in [0.2, 0.25) is 0 Å². The third-order valence-electron chi connectivity index (χ3n) is 1.60. The van der Waals surface area contributed by atoms with Gasteiger partial charge in [-0.15, -0.1) is 0 Å². The number of hydrogen-bond donors (Lipinski definition) is 1. The lowest BCUT2D eigenvalue weighted by atomic mass is 10.3. The zero-order chi connectivity index (χ0) is 10.7. The summed E-state index contributed by atoms with van der Waals surface area (Å²) in [6.07, 6.45) is 0.371. The van der Waals surface area contributed by atoms with Crippen LogP contribution in [-0.4, -0.2) is 5.84 Å². The molecule has 2 nitrogen and oxygen atoms in total. The molecule has 0 radical (unpaired) electrons. The predicted molar refractivity (Wildman–Crippen MR) is 47.9 cm³/mol. The van der Waals surface area contributed by atoms with Gasteiger partial charge in [-0.2, -0.15) is 0 Å². The van der Waals surface area contributed by atoms with E-state index in [-0.39, 0.29) is 5.84 Å². The minimum Gasteiger partial charge on any atom is -0.387 e. The van der Waals surface area contributed by atoms with Gasteiger partial charge in [0.05, 0.1) is 5.84 Å². The van der Waals surface area contributed by atoms with E-state index in [1.54, 1.807) is 6.92 Å². The zero-order valence-corrected chi connectivity index (χ0v) is 7.52. The molecular weight excluding hydrogens is 193 g/mol. The summed E-state index contributed by atoms with van der Waals surface area (Å²) in [4.78, 5) is 3.50. The highest BCUT2D eigenvalue weighted by Gasteiger charge is 2.10. The van der Waals surface area contributed by atoms with Crippen molar-refractivity contribution in [2.45, 2.75) is 13.3 Å². The predicted octanol–water partition coefficient (Wildman–Crippen LogP) is 2.50. The molecule has 0 heterocycles. The minimum absolute atomic E-state index is 0.0920. The molecular formula is C9H9F3N2. The third kappa shape index (κ3) is 2.25. The Bertz CT molecular complexity index is 351. The molecule has 0 amide bonds. The maximum atomic E-state index is 13.0. The lowest BCUT2D eigenvalue weighted by Crippen LogP contribution is -2.09. The Kier molecular flexibility index (Phi) is 3.11. The average molecular weight is 202 g/mol. The molecule has 0 aliphatic carbocycles. The Morgan fingerprint density at radius 2 is 1.79 bits per heavy atom. The molecule has 1 aromatic carbocycles. The summed E-state index contributed by atoms with van der Waals surface area (Å²) in [5.41, 5.74) is 4.75. The third-order valence-corrected chi connectivity index (χ3v) is 1.60. The summed E-state index contributed by atoms with van der Waals surface area (Å²) < 4.78 is 38.4. The molecule has 0 aromatic heterocycles. The van der Waals surface area contributed by atoms with Crippen molar-refractivity contribution in [1.82, 2.24) is 0 Å². The van der Waals surface area contributed by atoms with Gasteiger partial charge in [0, 0.05) is 18.6 Å². The van der Waals surface area contributed by atoms with Gasteiger partial charge in [0.25, 0.3) is 0 Å². The van der Waals surface area contributed by atoms with Crippen LogP contribution in [0.5, 0.6) is 0 Å². The Morgan fingerprint density at radius 3 is 2.21 bits per heavy atom. The molecule has 0 spiro atoms. The topological polar surface area (TPSA) is 38.4 Å². The molecule has 2 N–H and O–H groups in total. The first kappa shape index (κ1) is 10.6. The highest BCUT2D eigenvalue weighted by molar-refractivity contribution is 5.82. The van der Waals surface area contributed by atoms with Crippen LogP contribution in [0.2, 0.25) is 0 Å². The summed E-state index contributed by atoms with van der Waals surface area (Å²) >= 11 is 0. The van der Waals surface area contributed by atoms with Crippen molar-refractivity contribution in [3.05, 3.63) is 29.6 Å². The fraction of sp³-hybridized carbons (Fsp3) is 0.222. The van der Waals surface area contributed by atoms with Crippen molar-refractivity contribution >= 4 is 11.5 Å². The van der Waals surface area contributed by atoms with Gasteiger partial charge < -0.3 is 5.73 Å². The van der Waals surface area contributed by atoms with Crippen LogP contribution in [0.3, 0.4) is 0 Å². The van der Waals surface area contributed by atoms with E-state index in [2.05, 4.69) is 4.99 Å². The monoisotopic (exact) mass is 202 g/mol. The summed E-state index contributed by atoms with van der Waals surface area (Å²) in [6.45, 7) is 1.69. The summed E-state index contributed by atoms with van der Waals surface area (Å²) in [5.74, 6) is -3.00. The number of hydrogen-bond acceptors (Lipinski definition) is 1. The van der Waals surface area contributed by atoms with E-state index in [4.69, 9.17) is 5.73 Å². The molecule has 0 aliphatic heterocycles. The standard InChI is InChI=1S/C9H9F3N2/c1-2-8(13)14-9-6(11)3-5(10)4-7(9)12/h3-4H,2H2,1H3,(H2,13,14). The van der Waals surface area contributed by atoms with Gasteiger partial charge in [-0.3, -0.25) is 0 Å². The molecule has 5 heteroatoms. The number of nitrogens with zero attached hydrogens (tertiary/aromatic N) is 1. The van der Waals surface area contributed by atoms with Crippen molar-refractivity contribution in [3.8, 4) is 0 Å². The van der Waals surface area contributed by atoms with Crippen LogP contribution in [0.1, 0.15) is 13.3 Å². The molecule has 0 bridgehead atoms. The largest absolute Gasteiger partial charge is 0.387 e. The lowest BCUT2D eigenvalue weighted by Gasteiger charge is -2.00. The highest BCUT2D eigenvalue weighted by atomic mass is 19.1. The molecule has 0 unspecified atom stereocenters. The molecule has 0 atom stereocenters. The van der Waals surface area contributed by atoms with Crippen LogP contribution in [0, 0.1) is 17.5 Å². The first-order chi connectivity index (χ1) is 6.54. The maximum Gasteiger partial charge on any atom is 0.154 e. The molecule has 0 saturated carbocycles. The fourth-order valence-corrected chi connectivity index (χ4v) is 0.864. The van der Waals surface area contributed by atoms with Crippen LogP contribution in [0.15, 0.2) is 17.1 Å².